The summed E-state index contributed by atoms with van der Waals surface area (Å²) in [7, 11) is 3.51. The first-order valence-electron chi connectivity index (χ1n) is 8.89. The van der Waals surface area contributed by atoms with Crippen molar-refractivity contribution in [1.82, 2.24) is 10.6 Å². The molecule has 2 aromatic carbocycles. The number of methoxy groups -OCH3 is 1. The highest BCUT2D eigenvalue weighted by atomic mass is 127. The number of ether oxygens (including phenoxy) is 1. The van der Waals surface area contributed by atoms with E-state index in [9.17, 15) is 0 Å². The van der Waals surface area contributed by atoms with Gasteiger partial charge in [-0.2, -0.15) is 0 Å². The van der Waals surface area contributed by atoms with Crippen LogP contribution in [-0.2, 0) is 11.8 Å². The predicted molar refractivity (Wildman–Crippen MR) is 119 cm³/mol. The molecule has 140 valence electrons. The van der Waals surface area contributed by atoms with Gasteiger partial charge in [-0.15, -0.1) is 24.0 Å². The maximum atomic E-state index is 5.19. The number of nitrogens with zero attached hydrogens (tertiary/aromatic N) is 1. The van der Waals surface area contributed by atoms with E-state index in [1.807, 2.05) is 19.2 Å². The molecule has 0 unspecified atom stereocenters. The topological polar surface area (TPSA) is 45.7 Å². The van der Waals surface area contributed by atoms with E-state index in [4.69, 9.17) is 4.74 Å². The standard InChI is InChI=1S/C21H27N3O.HI/c1-22-20(23-15-12-17-8-10-19(25-2)11-9-17)24-16-21(13-14-21)18-6-4-3-5-7-18;/h3-11H,12-16H2,1-2H3,(H2,22,23,24);1H. The van der Waals surface area contributed by atoms with Crippen LogP contribution in [0.1, 0.15) is 24.0 Å². The number of rotatable bonds is 7. The van der Waals surface area contributed by atoms with Gasteiger partial charge in [0.2, 0.25) is 0 Å². The molecule has 1 aliphatic rings. The van der Waals surface area contributed by atoms with Crippen LogP contribution < -0.4 is 15.4 Å². The first-order chi connectivity index (χ1) is 12.3. The molecular formula is C21H28IN3O. The molecule has 1 saturated carbocycles. The lowest BCUT2D eigenvalue weighted by molar-refractivity contribution is 0.414. The highest BCUT2D eigenvalue weighted by molar-refractivity contribution is 14.0. The molecule has 26 heavy (non-hydrogen) atoms. The van der Waals surface area contributed by atoms with E-state index in [0.717, 1.165) is 31.2 Å². The zero-order valence-electron chi connectivity index (χ0n) is 15.5. The van der Waals surface area contributed by atoms with Crippen LogP contribution >= 0.6 is 24.0 Å². The summed E-state index contributed by atoms with van der Waals surface area (Å²) in [5, 5.41) is 6.90. The molecule has 4 nitrogen and oxygen atoms in total. The molecule has 0 saturated heterocycles. The monoisotopic (exact) mass is 465 g/mol. The van der Waals surface area contributed by atoms with Gasteiger partial charge in [0.1, 0.15) is 5.75 Å². The van der Waals surface area contributed by atoms with E-state index in [0.29, 0.717) is 0 Å². The summed E-state index contributed by atoms with van der Waals surface area (Å²) < 4.78 is 5.19. The third kappa shape index (κ3) is 5.37. The molecule has 0 spiro atoms. The van der Waals surface area contributed by atoms with Gasteiger partial charge in [-0.3, -0.25) is 4.99 Å². The summed E-state index contributed by atoms with van der Waals surface area (Å²) >= 11 is 0. The first kappa shape index (κ1) is 20.6. The average Bonchev–Trinajstić information content (AvgIpc) is 3.47. The minimum Gasteiger partial charge on any atom is -0.497 e. The van der Waals surface area contributed by atoms with Crippen molar-refractivity contribution in [1.29, 1.82) is 0 Å². The molecule has 0 aromatic heterocycles. The van der Waals surface area contributed by atoms with Crippen LogP contribution in [0.25, 0.3) is 0 Å². The number of hydrogen-bond acceptors (Lipinski definition) is 2. The summed E-state index contributed by atoms with van der Waals surface area (Å²) in [6.07, 6.45) is 3.44. The second kappa shape index (κ2) is 9.80. The fourth-order valence-electron chi connectivity index (χ4n) is 3.10. The lowest BCUT2D eigenvalue weighted by Crippen LogP contribution is -2.41. The second-order valence-corrected chi connectivity index (χ2v) is 6.60. The van der Waals surface area contributed by atoms with Crippen LogP contribution in [0.15, 0.2) is 59.6 Å². The third-order valence-corrected chi connectivity index (χ3v) is 4.92. The second-order valence-electron chi connectivity index (χ2n) is 6.60. The van der Waals surface area contributed by atoms with Crippen LogP contribution in [0.4, 0.5) is 0 Å². The highest BCUT2D eigenvalue weighted by Crippen LogP contribution is 2.47. The molecule has 1 fully saturated rings. The summed E-state index contributed by atoms with van der Waals surface area (Å²) in [6, 6.07) is 19.0. The molecule has 0 bridgehead atoms. The van der Waals surface area contributed by atoms with E-state index in [1.165, 1.54) is 24.0 Å². The van der Waals surface area contributed by atoms with Gasteiger partial charge >= 0.3 is 0 Å². The third-order valence-electron chi connectivity index (χ3n) is 4.92. The Morgan fingerprint density at radius 3 is 2.31 bits per heavy atom. The van der Waals surface area contributed by atoms with Crippen molar-refractivity contribution < 1.29 is 4.74 Å². The van der Waals surface area contributed by atoms with Crippen molar-refractivity contribution in [2.24, 2.45) is 4.99 Å². The molecule has 0 amide bonds. The number of halogens is 1. The molecule has 0 aliphatic heterocycles. The van der Waals surface area contributed by atoms with Crippen LogP contribution in [0.3, 0.4) is 0 Å². The van der Waals surface area contributed by atoms with Crippen molar-refractivity contribution in [2.45, 2.75) is 24.7 Å². The Morgan fingerprint density at radius 1 is 1.04 bits per heavy atom. The van der Waals surface area contributed by atoms with E-state index in [2.05, 4.69) is 58.1 Å². The SMILES string of the molecule is CN=C(NCCc1ccc(OC)cc1)NCC1(c2ccccc2)CC1.I. The van der Waals surface area contributed by atoms with Crippen molar-refractivity contribution >= 4 is 29.9 Å². The maximum absolute atomic E-state index is 5.19. The van der Waals surface area contributed by atoms with Crippen molar-refractivity contribution in [3.8, 4) is 5.75 Å². The Balaban J connectivity index is 0.00000243. The average molecular weight is 465 g/mol. The van der Waals surface area contributed by atoms with Crippen LogP contribution in [0.2, 0.25) is 0 Å². The Bertz CT molecular complexity index is 697. The van der Waals surface area contributed by atoms with E-state index < -0.39 is 0 Å². The molecule has 2 aromatic rings. The van der Waals surface area contributed by atoms with Gasteiger partial charge in [0.25, 0.3) is 0 Å². The fourth-order valence-corrected chi connectivity index (χ4v) is 3.10. The molecule has 0 radical (unpaired) electrons. The number of guanidine groups is 1. The zero-order valence-corrected chi connectivity index (χ0v) is 17.8. The first-order valence-corrected chi connectivity index (χ1v) is 8.89. The molecular weight excluding hydrogens is 437 g/mol. The largest absolute Gasteiger partial charge is 0.497 e. The Hall–Kier alpha value is -1.76. The van der Waals surface area contributed by atoms with Gasteiger partial charge in [0.15, 0.2) is 5.96 Å². The van der Waals surface area contributed by atoms with E-state index in [-0.39, 0.29) is 29.4 Å². The number of benzene rings is 2. The van der Waals surface area contributed by atoms with Gasteiger partial charge in [-0.05, 0) is 42.5 Å². The summed E-state index contributed by atoms with van der Waals surface area (Å²) in [5.41, 5.74) is 3.00. The number of hydrogen-bond donors (Lipinski definition) is 2. The number of aliphatic imine (C=N–C) groups is 1. The zero-order chi connectivity index (χ0) is 17.5. The fraction of sp³-hybridized carbons (Fsp3) is 0.381. The minimum atomic E-state index is 0. The van der Waals surface area contributed by atoms with Gasteiger partial charge in [0, 0.05) is 25.6 Å². The summed E-state index contributed by atoms with van der Waals surface area (Å²) in [5.74, 6) is 1.76. The van der Waals surface area contributed by atoms with Crippen LogP contribution in [0, 0.1) is 0 Å². The Labute approximate surface area is 173 Å². The van der Waals surface area contributed by atoms with Gasteiger partial charge < -0.3 is 15.4 Å². The quantitative estimate of drug-likeness (QED) is 0.372. The molecule has 0 heterocycles. The Morgan fingerprint density at radius 2 is 1.73 bits per heavy atom. The van der Waals surface area contributed by atoms with Gasteiger partial charge in [0.05, 0.1) is 7.11 Å². The normalized spacial score (nSPS) is 14.9. The van der Waals surface area contributed by atoms with Crippen molar-refractivity contribution in [3.05, 3.63) is 65.7 Å². The lowest BCUT2D eigenvalue weighted by Gasteiger charge is -2.19. The molecule has 0 atom stereocenters. The minimum absolute atomic E-state index is 0. The van der Waals surface area contributed by atoms with Gasteiger partial charge in [-0.1, -0.05) is 42.5 Å². The smallest absolute Gasteiger partial charge is 0.191 e. The highest BCUT2D eigenvalue weighted by Gasteiger charge is 2.43. The van der Waals surface area contributed by atoms with Gasteiger partial charge in [-0.25, -0.2) is 0 Å². The predicted octanol–water partition coefficient (Wildman–Crippen LogP) is 3.75. The molecule has 2 N–H and O–H groups in total. The Kier molecular flexibility index (Phi) is 7.75. The number of nitrogens with one attached hydrogen (secondary N) is 2. The van der Waals surface area contributed by atoms with Crippen LogP contribution in [0.5, 0.6) is 5.75 Å². The van der Waals surface area contributed by atoms with E-state index >= 15 is 0 Å². The summed E-state index contributed by atoms with van der Waals surface area (Å²) in [6.45, 7) is 1.78. The van der Waals surface area contributed by atoms with Crippen molar-refractivity contribution in [2.75, 3.05) is 27.2 Å². The molecule has 1 aliphatic carbocycles. The molecule has 5 heteroatoms. The maximum Gasteiger partial charge on any atom is 0.191 e. The van der Waals surface area contributed by atoms with Crippen molar-refractivity contribution in [3.63, 3.8) is 0 Å². The van der Waals surface area contributed by atoms with E-state index in [1.54, 1.807) is 7.11 Å². The lowest BCUT2D eigenvalue weighted by atomic mass is 9.96. The summed E-state index contributed by atoms with van der Waals surface area (Å²) in [4.78, 5) is 4.35. The van der Waals surface area contributed by atoms with Crippen LogP contribution in [-0.4, -0.2) is 33.2 Å². The molecule has 3 rings (SSSR count).